The van der Waals surface area contributed by atoms with E-state index in [1.165, 1.54) is 0 Å². The van der Waals surface area contributed by atoms with Crippen LogP contribution in [0.4, 0.5) is 10.2 Å². The van der Waals surface area contributed by atoms with Crippen molar-refractivity contribution in [1.29, 1.82) is 0 Å². The summed E-state index contributed by atoms with van der Waals surface area (Å²) < 4.78 is 15.0. The molecular weight excluding hydrogens is 351 g/mol. The van der Waals surface area contributed by atoms with E-state index in [-0.39, 0.29) is 17.6 Å². The quantitative estimate of drug-likeness (QED) is 0.594. The van der Waals surface area contributed by atoms with Crippen molar-refractivity contribution in [1.82, 2.24) is 4.98 Å². The van der Waals surface area contributed by atoms with E-state index in [0.717, 1.165) is 34.8 Å². The number of amides is 1. The Balaban J connectivity index is 0.00000136. The van der Waals surface area contributed by atoms with Crippen LogP contribution in [-0.2, 0) is 4.79 Å². The number of benzene rings is 1. The van der Waals surface area contributed by atoms with Crippen molar-refractivity contribution in [2.75, 3.05) is 5.32 Å². The number of aryl methyl sites for hydroxylation is 1. The molecule has 1 heterocycles. The summed E-state index contributed by atoms with van der Waals surface area (Å²) in [5.41, 5.74) is 2.86. The third kappa shape index (κ3) is 4.56. The summed E-state index contributed by atoms with van der Waals surface area (Å²) in [5, 5.41) is 4.45. The van der Waals surface area contributed by atoms with Crippen LogP contribution >= 0.6 is 0 Å². The molecule has 148 valence electrons. The van der Waals surface area contributed by atoms with Crippen LogP contribution in [0.25, 0.3) is 16.3 Å². The molecular formula is C24H29FN2O. The van der Waals surface area contributed by atoms with Crippen molar-refractivity contribution in [3.63, 3.8) is 0 Å². The van der Waals surface area contributed by atoms with Crippen LogP contribution in [0.1, 0.15) is 51.7 Å². The molecule has 0 spiro atoms. The van der Waals surface area contributed by atoms with E-state index in [2.05, 4.69) is 16.9 Å². The van der Waals surface area contributed by atoms with Gasteiger partial charge in [0.15, 0.2) is 0 Å². The molecule has 0 aliphatic heterocycles. The second-order valence-electron chi connectivity index (χ2n) is 6.71. The molecule has 0 atom stereocenters. The van der Waals surface area contributed by atoms with E-state index in [1.807, 2.05) is 52.0 Å². The zero-order valence-corrected chi connectivity index (χ0v) is 17.4. The Morgan fingerprint density at radius 1 is 1.32 bits per heavy atom. The Morgan fingerprint density at radius 3 is 2.57 bits per heavy atom. The van der Waals surface area contributed by atoms with Gasteiger partial charge in [0.1, 0.15) is 11.6 Å². The molecule has 2 aromatic rings. The standard InChI is InChI=1S/C22H23FN2O.C2H6/c1-5-7-13(3)17(6-2)18-10-16-11-20(25-22(26)15-8-9-15)24-12-19(16)14(4)21(18)23;1-2/h5-7,10-12,15H,1,8-9H2,2-4H3,(H,24,25,26);1-2H3/b13-7-,17-6+;. The molecule has 1 amide bonds. The van der Waals surface area contributed by atoms with E-state index < -0.39 is 0 Å². The van der Waals surface area contributed by atoms with Gasteiger partial charge in [-0.3, -0.25) is 4.79 Å². The number of nitrogens with one attached hydrogen (secondary N) is 1. The van der Waals surface area contributed by atoms with Gasteiger partial charge in [-0.15, -0.1) is 0 Å². The van der Waals surface area contributed by atoms with Gasteiger partial charge in [0.05, 0.1) is 0 Å². The van der Waals surface area contributed by atoms with Crippen molar-refractivity contribution in [3.05, 3.63) is 65.7 Å². The van der Waals surface area contributed by atoms with Crippen molar-refractivity contribution in [2.24, 2.45) is 5.92 Å². The molecule has 28 heavy (non-hydrogen) atoms. The maximum absolute atomic E-state index is 15.0. The molecule has 3 rings (SSSR count). The maximum Gasteiger partial charge on any atom is 0.228 e. The highest BCUT2D eigenvalue weighted by molar-refractivity contribution is 5.97. The lowest BCUT2D eigenvalue weighted by atomic mass is 9.93. The number of nitrogens with zero attached hydrogens (tertiary/aromatic N) is 1. The van der Waals surface area contributed by atoms with Gasteiger partial charge in [0, 0.05) is 23.1 Å². The lowest BCUT2D eigenvalue weighted by Crippen LogP contribution is -2.14. The fourth-order valence-electron chi connectivity index (χ4n) is 3.14. The molecule has 1 saturated carbocycles. The molecule has 3 nitrogen and oxygen atoms in total. The smallest absolute Gasteiger partial charge is 0.228 e. The van der Waals surface area contributed by atoms with Gasteiger partial charge in [-0.05, 0) is 67.8 Å². The fraction of sp³-hybridized carbons (Fsp3) is 0.333. The molecule has 1 N–H and O–H groups in total. The summed E-state index contributed by atoms with van der Waals surface area (Å²) in [6.07, 6.45) is 8.96. The number of pyridine rings is 1. The molecule has 0 bridgehead atoms. The molecule has 4 heteroatoms. The number of rotatable bonds is 5. The van der Waals surface area contributed by atoms with Crippen LogP contribution in [0.5, 0.6) is 0 Å². The summed E-state index contributed by atoms with van der Waals surface area (Å²) in [4.78, 5) is 16.3. The van der Waals surface area contributed by atoms with Crippen LogP contribution in [0, 0.1) is 18.7 Å². The van der Waals surface area contributed by atoms with E-state index in [9.17, 15) is 4.79 Å². The molecule has 1 fully saturated rings. The first kappa shape index (κ1) is 21.5. The van der Waals surface area contributed by atoms with E-state index >= 15 is 4.39 Å². The largest absolute Gasteiger partial charge is 0.310 e. The monoisotopic (exact) mass is 380 g/mol. The molecule has 0 radical (unpaired) electrons. The lowest BCUT2D eigenvalue weighted by Gasteiger charge is -2.14. The van der Waals surface area contributed by atoms with Gasteiger partial charge in [-0.25, -0.2) is 9.37 Å². The molecule has 1 aromatic carbocycles. The zero-order valence-electron chi connectivity index (χ0n) is 17.4. The second-order valence-corrected chi connectivity index (χ2v) is 6.71. The summed E-state index contributed by atoms with van der Waals surface area (Å²) in [6, 6.07) is 3.63. The van der Waals surface area contributed by atoms with E-state index in [1.54, 1.807) is 19.2 Å². The first-order chi connectivity index (χ1) is 13.5. The first-order valence-electron chi connectivity index (χ1n) is 9.82. The number of hydrogen-bond donors (Lipinski definition) is 1. The second kappa shape index (κ2) is 9.45. The molecule has 0 unspecified atom stereocenters. The van der Waals surface area contributed by atoms with Crippen LogP contribution in [0.15, 0.2) is 48.7 Å². The summed E-state index contributed by atoms with van der Waals surface area (Å²) in [7, 11) is 0. The van der Waals surface area contributed by atoms with Crippen molar-refractivity contribution < 1.29 is 9.18 Å². The number of fused-ring (bicyclic) bond motifs is 1. The number of allylic oxidation sites excluding steroid dienone is 5. The third-order valence-electron chi connectivity index (χ3n) is 4.78. The minimum Gasteiger partial charge on any atom is -0.310 e. The number of hydrogen-bond acceptors (Lipinski definition) is 2. The Kier molecular flexibility index (Phi) is 7.27. The summed E-state index contributed by atoms with van der Waals surface area (Å²) in [6.45, 7) is 13.3. The van der Waals surface area contributed by atoms with Gasteiger partial charge in [0.2, 0.25) is 5.91 Å². The van der Waals surface area contributed by atoms with Crippen molar-refractivity contribution in [2.45, 2.75) is 47.5 Å². The van der Waals surface area contributed by atoms with E-state index in [0.29, 0.717) is 16.9 Å². The number of carbonyl (C=O) groups excluding carboxylic acids is 1. The van der Waals surface area contributed by atoms with Crippen LogP contribution in [-0.4, -0.2) is 10.9 Å². The average molecular weight is 381 g/mol. The normalized spacial score (nSPS) is 14.4. The molecule has 1 aliphatic carbocycles. The van der Waals surface area contributed by atoms with Gasteiger partial charge in [-0.2, -0.15) is 0 Å². The molecule has 1 aromatic heterocycles. The topological polar surface area (TPSA) is 42.0 Å². The number of carbonyl (C=O) groups is 1. The lowest BCUT2D eigenvalue weighted by molar-refractivity contribution is -0.117. The Morgan fingerprint density at radius 2 is 2.00 bits per heavy atom. The highest BCUT2D eigenvalue weighted by atomic mass is 19.1. The number of aromatic nitrogens is 1. The van der Waals surface area contributed by atoms with Gasteiger partial charge >= 0.3 is 0 Å². The Labute approximate surface area is 167 Å². The van der Waals surface area contributed by atoms with E-state index in [4.69, 9.17) is 0 Å². The SMILES string of the molecule is C=C/C=C(C)\C(=C/C)c1cc2cc(NC(=O)C3CC3)ncc2c(C)c1F.CC. The first-order valence-corrected chi connectivity index (χ1v) is 9.82. The van der Waals surface area contributed by atoms with Crippen LogP contribution < -0.4 is 5.32 Å². The third-order valence-corrected chi connectivity index (χ3v) is 4.78. The Bertz CT molecular complexity index is 953. The highest BCUT2D eigenvalue weighted by Crippen LogP contribution is 2.33. The minimum absolute atomic E-state index is 0.00908. The van der Waals surface area contributed by atoms with Crippen LogP contribution in [0.2, 0.25) is 0 Å². The zero-order chi connectivity index (χ0) is 20.8. The van der Waals surface area contributed by atoms with Gasteiger partial charge in [0.25, 0.3) is 0 Å². The van der Waals surface area contributed by atoms with Crippen LogP contribution in [0.3, 0.4) is 0 Å². The summed E-state index contributed by atoms with van der Waals surface area (Å²) >= 11 is 0. The van der Waals surface area contributed by atoms with Crippen molar-refractivity contribution >= 4 is 28.1 Å². The molecule has 0 saturated heterocycles. The predicted octanol–water partition coefficient (Wildman–Crippen LogP) is 6.59. The van der Waals surface area contributed by atoms with Gasteiger partial charge < -0.3 is 5.32 Å². The predicted molar refractivity (Wildman–Crippen MR) is 117 cm³/mol. The Hall–Kier alpha value is -2.75. The maximum atomic E-state index is 15.0. The number of halogens is 1. The molecule has 1 aliphatic rings. The fourth-order valence-corrected chi connectivity index (χ4v) is 3.14. The minimum atomic E-state index is -0.251. The summed E-state index contributed by atoms with van der Waals surface area (Å²) in [5.74, 6) is 0.375. The highest BCUT2D eigenvalue weighted by Gasteiger charge is 2.29. The number of anilines is 1. The van der Waals surface area contributed by atoms with Crippen molar-refractivity contribution in [3.8, 4) is 0 Å². The average Bonchev–Trinajstić information content (AvgIpc) is 3.53. The van der Waals surface area contributed by atoms with Gasteiger partial charge in [-0.1, -0.05) is 38.7 Å².